The van der Waals surface area contributed by atoms with Gasteiger partial charge >= 0.3 is 0 Å². The molecule has 1 amide bonds. The van der Waals surface area contributed by atoms with E-state index < -0.39 is 0 Å². The number of hydrogen-bond donors (Lipinski definition) is 1. The van der Waals surface area contributed by atoms with Crippen molar-refractivity contribution in [3.05, 3.63) is 67.2 Å². The summed E-state index contributed by atoms with van der Waals surface area (Å²) in [5, 5.41) is 2.75. The van der Waals surface area contributed by atoms with E-state index in [1.54, 1.807) is 48.8 Å². The Morgan fingerprint density at radius 2 is 2.00 bits per heavy atom. The summed E-state index contributed by atoms with van der Waals surface area (Å²) in [5.74, 6) is 0.859. The molecule has 5 nitrogen and oxygen atoms in total. The number of benzene rings is 1. The van der Waals surface area contributed by atoms with Crippen molar-refractivity contribution in [1.29, 1.82) is 0 Å². The molecule has 0 saturated carbocycles. The lowest BCUT2D eigenvalue weighted by atomic mass is 10.3. The maximum atomic E-state index is 11.6. The Balaban J connectivity index is 1.94. The van der Waals surface area contributed by atoms with Crippen molar-refractivity contribution in [2.75, 3.05) is 5.32 Å². The first kappa shape index (κ1) is 14.5. The lowest BCUT2D eigenvalue weighted by Gasteiger charge is -2.05. The van der Waals surface area contributed by atoms with Crippen LogP contribution >= 0.6 is 0 Å². The fourth-order valence-electron chi connectivity index (χ4n) is 1.50. The van der Waals surface area contributed by atoms with E-state index in [1.807, 2.05) is 13.0 Å². The van der Waals surface area contributed by atoms with Gasteiger partial charge < -0.3 is 10.1 Å². The van der Waals surface area contributed by atoms with E-state index >= 15 is 0 Å². The van der Waals surface area contributed by atoms with E-state index in [0.29, 0.717) is 17.3 Å². The smallest absolute Gasteiger partial charge is 0.248 e. The van der Waals surface area contributed by atoms with Crippen molar-refractivity contribution in [2.24, 2.45) is 0 Å². The molecule has 1 aromatic heterocycles. The molecule has 0 atom stereocenters. The van der Waals surface area contributed by atoms with Gasteiger partial charge in [-0.1, -0.05) is 18.2 Å². The number of carbonyl (C=O) groups is 1. The van der Waals surface area contributed by atoms with Crippen LogP contribution in [0.25, 0.3) is 0 Å². The number of ether oxygens (including phenoxy) is 1. The predicted molar refractivity (Wildman–Crippen MR) is 81.1 cm³/mol. The molecule has 1 aromatic carbocycles. The molecule has 0 unspecified atom stereocenters. The minimum atomic E-state index is -0.185. The number of anilines is 1. The van der Waals surface area contributed by atoms with Gasteiger partial charge in [0.2, 0.25) is 11.8 Å². The maximum Gasteiger partial charge on any atom is 0.248 e. The molecular formula is C16H15N3O2. The van der Waals surface area contributed by atoms with Crippen molar-refractivity contribution in [2.45, 2.75) is 6.92 Å². The van der Waals surface area contributed by atoms with E-state index in [9.17, 15) is 4.79 Å². The molecule has 0 radical (unpaired) electrons. The van der Waals surface area contributed by atoms with Gasteiger partial charge in [-0.3, -0.25) is 9.78 Å². The van der Waals surface area contributed by atoms with Crippen molar-refractivity contribution in [1.82, 2.24) is 9.97 Å². The molecule has 0 aliphatic carbocycles. The van der Waals surface area contributed by atoms with Crippen molar-refractivity contribution in [3.8, 4) is 11.6 Å². The Kier molecular flexibility index (Phi) is 5.23. The Labute approximate surface area is 123 Å². The molecule has 2 rings (SSSR count). The minimum absolute atomic E-state index is 0.185. The largest absolute Gasteiger partial charge is 0.438 e. The van der Waals surface area contributed by atoms with Crippen LogP contribution < -0.4 is 10.1 Å². The highest BCUT2D eigenvalue weighted by atomic mass is 16.5. The van der Waals surface area contributed by atoms with Crippen LogP contribution in [0.5, 0.6) is 11.6 Å². The second kappa shape index (κ2) is 7.59. The molecule has 0 aliphatic rings. The molecule has 0 spiro atoms. The molecule has 0 fully saturated rings. The van der Waals surface area contributed by atoms with Gasteiger partial charge in [-0.2, -0.15) is 0 Å². The van der Waals surface area contributed by atoms with Crippen molar-refractivity contribution >= 4 is 11.6 Å². The first-order valence-corrected chi connectivity index (χ1v) is 6.42. The third-order valence-electron chi connectivity index (χ3n) is 2.43. The molecule has 21 heavy (non-hydrogen) atoms. The molecule has 0 bridgehead atoms. The maximum absolute atomic E-state index is 11.6. The van der Waals surface area contributed by atoms with E-state index in [1.165, 1.54) is 12.3 Å². The van der Waals surface area contributed by atoms with Crippen LogP contribution in [0.15, 0.2) is 67.2 Å². The van der Waals surface area contributed by atoms with E-state index in [0.717, 1.165) is 0 Å². The molecule has 5 heteroatoms. The average Bonchev–Trinajstić information content (AvgIpc) is 2.51. The fourth-order valence-corrected chi connectivity index (χ4v) is 1.50. The summed E-state index contributed by atoms with van der Waals surface area (Å²) >= 11 is 0. The second-order valence-electron chi connectivity index (χ2n) is 4.04. The summed E-state index contributed by atoms with van der Waals surface area (Å²) in [6.07, 6.45) is 11.4. The number of hydrogen-bond acceptors (Lipinski definition) is 4. The number of nitrogens with one attached hydrogen (secondary N) is 1. The topological polar surface area (TPSA) is 64.1 Å². The lowest BCUT2D eigenvalue weighted by molar-refractivity contribution is -0.111. The minimum Gasteiger partial charge on any atom is -0.438 e. The number of rotatable bonds is 5. The summed E-state index contributed by atoms with van der Waals surface area (Å²) in [6, 6.07) is 7.01. The van der Waals surface area contributed by atoms with Crippen LogP contribution in [-0.4, -0.2) is 15.9 Å². The second-order valence-corrected chi connectivity index (χ2v) is 4.04. The third kappa shape index (κ3) is 4.91. The van der Waals surface area contributed by atoms with Crippen LogP contribution in [-0.2, 0) is 4.79 Å². The molecule has 1 heterocycles. The highest BCUT2D eigenvalue weighted by molar-refractivity contribution is 5.99. The number of aromatic nitrogens is 2. The van der Waals surface area contributed by atoms with Gasteiger partial charge in [0.15, 0.2) is 0 Å². The third-order valence-corrected chi connectivity index (χ3v) is 2.43. The van der Waals surface area contributed by atoms with Gasteiger partial charge in [0.1, 0.15) is 5.75 Å². The van der Waals surface area contributed by atoms with Gasteiger partial charge in [0.05, 0.1) is 6.20 Å². The average molecular weight is 281 g/mol. The zero-order chi connectivity index (χ0) is 14.9. The zero-order valence-electron chi connectivity index (χ0n) is 11.6. The molecular weight excluding hydrogens is 266 g/mol. The molecule has 0 aliphatic heterocycles. The summed E-state index contributed by atoms with van der Waals surface area (Å²) in [7, 11) is 0. The Hall–Kier alpha value is -2.95. The normalized spacial score (nSPS) is 10.9. The Bertz CT molecular complexity index is 634. The van der Waals surface area contributed by atoms with Crippen LogP contribution in [0, 0.1) is 0 Å². The van der Waals surface area contributed by atoms with E-state index in [4.69, 9.17) is 4.74 Å². The summed E-state index contributed by atoms with van der Waals surface area (Å²) in [4.78, 5) is 19.5. The van der Waals surface area contributed by atoms with E-state index in [-0.39, 0.29) is 5.91 Å². The van der Waals surface area contributed by atoms with Crippen molar-refractivity contribution < 1.29 is 9.53 Å². The monoisotopic (exact) mass is 281 g/mol. The van der Waals surface area contributed by atoms with Gasteiger partial charge in [0, 0.05) is 24.2 Å². The first-order valence-electron chi connectivity index (χ1n) is 6.42. The Morgan fingerprint density at radius 1 is 1.19 bits per heavy atom. The first-order chi connectivity index (χ1) is 10.3. The summed E-state index contributed by atoms with van der Waals surface area (Å²) in [6.45, 7) is 1.89. The summed E-state index contributed by atoms with van der Waals surface area (Å²) in [5.41, 5.74) is 0.691. The molecule has 2 aromatic rings. The number of nitrogens with zero attached hydrogens (tertiary/aromatic N) is 2. The summed E-state index contributed by atoms with van der Waals surface area (Å²) < 4.78 is 5.51. The predicted octanol–water partition coefficient (Wildman–Crippen LogP) is 3.34. The highest BCUT2D eigenvalue weighted by Gasteiger charge is 2.00. The van der Waals surface area contributed by atoms with Gasteiger partial charge in [-0.25, -0.2) is 4.98 Å². The fraction of sp³-hybridized carbons (Fsp3) is 0.0625. The van der Waals surface area contributed by atoms with Crippen LogP contribution in [0.3, 0.4) is 0 Å². The van der Waals surface area contributed by atoms with E-state index in [2.05, 4.69) is 15.3 Å². The zero-order valence-corrected chi connectivity index (χ0v) is 11.6. The van der Waals surface area contributed by atoms with Crippen molar-refractivity contribution in [3.63, 3.8) is 0 Å². The van der Waals surface area contributed by atoms with Gasteiger partial charge in [-0.15, -0.1) is 0 Å². The van der Waals surface area contributed by atoms with Gasteiger partial charge in [0.25, 0.3) is 0 Å². The Morgan fingerprint density at radius 3 is 2.67 bits per heavy atom. The van der Waals surface area contributed by atoms with Crippen LogP contribution in [0.4, 0.5) is 5.69 Å². The SMILES string of the molecule is C/C=C/C=C/C(=O)Nc1ccc(Oc2cnccn2)cc1. The van der Waals surface area contributed by atoms with Gasteiger partial charge in [-0.05, 0) is 31.2 Å². The number of carbonyl (C=O) groups excluding carboxylic acids is 1. The highest BCUT2D eigenvalue weighted by Crippen LogP contribution is 2.20. The standard InChI is InChI=1S/C16H15N3O2/c1-2-3-4-5-15(20)19-13-6-8-14(9-7-13)21-16-12-17-10-11-18-16/h2-12H,1H3,(H,19,20)/b3-2+,5-4+. The number of amides is 1. The quantitative estimate of drug-likeness (QED) is 0.674. The molecule has 1 N–H and O–H groups in total. The van der Waals surface area contributed by atoms with Crippen LogP contribution in [0.1, 0.15) is 6.92 Å². The van der Waals surface area contributed by atoms with Crippen LogP contribution in [0.2, 0.25) is 0 Å². The number of allylic oxidation sites excluding steroid dienone is 3. The molecule has 106 valence electrons. The lowest BCUT2D eigenvalue weighted by Crippen LogP contribution is -2.07. The molecule has 0 saturated heterocycles.